The molecule has 4 rings (SSSR count). The Morgan fingerprint density at radius 3 is 2.61 bits per heavy atom. The highest BCUT2D eigenvalue weighted by molar-refractivity contribution is 5.82. The Balaban J connectivity index is 1.34. The first-order chi connectivity index (χ1) is 13.5. The second-order valence-electron chi connectivity index (χ2n) is 7.71. The maximum Gasteiger partial charge on any atom is 0.244 e. The minimum atomic E-state index is -0.421. The fourth-order valence-corrected chi connectivity index (χ4v) is 3.84. The standard InChI is InChI=1S/C20H27N5O3/c1-13-3-5-15(6-4-13)18-22-19(28-23-18)14(2)24-7-9-25(10-8-24)20(27)17-11-16(26)12-21-17/h3-6,14,16-17,21,26H,7-12H2,1-2H3. The molecule has 0 saturated carbocycles. The molecule has 0 radical (unpaired) electrons. The topological polar surface area (TPSA) is 94.7 Å². The first-order valence-electron chi connectivity index (χ1n) is 9.86. The molecule has 3 atom stereocenters. The molecule has 1 aromatic carbocycles. The highest BCUT2D eigenvalue weighted by atomic mass is 16.5. The molecular formula is C20H27N5O3. The fourth-order valence-electron chi connectivity index (χ4n) is 3.84. The quantitative estimate of drug-likeness (QED) is 0.810. The van der Waals surface area contributed by atoms with Crippen molar-refractivity contribution in [2.75, 3.05) is 32.7 Å². The second kappa shape index (κ2) is 7.98. The summed E-state index contributed by atoms with van der Waals surface area (Å²) in [6.07, 6.45) is 0.0784. The molecule has 8 heteroatoms. The summed E-state index contributed by atoms with van der Waals surface area (Å²) in [5.74, 6) is 1.28. The van der Waals surface area contributed by atoms with E-state index in [0.717, 1.165) is 18.7 Å². The van der Waals surface area contributed by atoms with Crippen LogP contribution >= 0.6 is 0 Å². The van der Waals surface area contributed by atoms with E-state index in [9.17, 15) is 9.90 Å². The van der Waals surface area contributed by atoms with Gasteiger partial charge in [-0.2, -0.15) is 4.98 Å². The highest BCUT2D eigenvalue weighted by Crippen LogP contribution is 2.24. The van der Waals surface area contributed by atoms with E-state index in [1.807, 2.05) is 36.1 Å². The summed E-state index contributed by atoms with van der Waals surface area (Å²) in [7, 11) is 0. The molecule has 0 bridgehead atoms. The number of nitrogens with zero attached hydrogens (tertiary/aromatic N) is 4. The Morgan fingerprint density at radius 2 is 1.96 bits per heavy atom. The molecule has 2 N–H and O–H groups in total. The number of β-amino-alcohol motifs (C(OH)–C–C–N with tert-alkyl or cyclic N) is 1. The Kier molecular flexibility index (Phi) is 5.43. The molecule has 0 aliphatic carbocycles. The summed E-state index contributed by atoms with van der Waals surface area (Å²) in [6.45, 7) is 7.43. The van der Waals surface area contributed by atoms with Gasteiger partial charge in [0.05, 0.1) is 18.2 Å². The number of aliphatic hydroxyl groups is 1. The van der Waals surface area contributed by atoms with Gasteiger partial charge in [0.15, 0.2) is 0 Å². The van der Waals surface area contributed by atoms with Gasteiger partial charge < -0.3 is 19.8 Å². The molecule has 2 fully saturated rings. The number of aliphatic hydroxyl groups excluding tert-OH is 1. The van der Waals surface area contributed by atoms with E-state index in [1.165, 1.54) is 5.56 Å². The van der Waals surface area contributed by atoms with Crippen molar-refractivity contribution in [2.24, 2.45) is 0 Å². The molecular weight excluding hydrogens is 358 g/mol. The van der Waals surface area contributed by atoms with Gasteiger partial charge in [-0.3, -0.25) is 9.69 Å². The molecule has 3 heterocycles. The average molecular weight is 385 g/mol. The summed E-state index contributed by atoms with van der Waals surface area (Å²) < 4.78 is 5.51. The zero-order valence-electron chi connectivity index (χ0n) is 16.3. The number of aryl methyl sites for hydroxylation is 1. The smallest absolute Gasteiger partial charge is 0.244 e. The van der Waals surface area contributed by atoms with Gasteiger partial charge in [-0.1, -0.05) is 35.0 Å². The van der Waals surface area contributed by atoms with Crippen LogP contribution in [0.3, 0.4) is 0 Å². The summed E-state index contributed by atoms with van der Waals surface area (Å²) in [4.78, 5) is 21.3. The maximum atomic E-state index is 12.6. The number of benzene rings is 1. The number of hydrogen-bond acceptors (Lipinski definition) is 7. The number of carbonyl (C=O) groups excluding carboxylic acids is 1. The van der Waals surface area contributed by atoms with Crippen LogP contribution in [0, 0.1) is 6.92 Å². The zero-order valence-corrected chi connectivity index (χ0v) is 16.3. The van der Waals surface area contributed by atoms with Gasteiger partial charge in [-0.05, 0) is 20.3 Å². The van der Waals surface area contributed by atoms with Crippen LogP contribution in [0.5, 0.6) is 0 Å². The van der Waals surface area contributed by atoms with E-state index in [4.69, 9.17) is 4.52 Å². The number of piperazine rings is 1. The summed E-state index contributed by atoms with van der Waals surface area (Å²) >= 11 is 0. The van der Waals surface area contributed by atoms with Crippen molar-refractivity contribution >= 4 is 5.91 Å². The predicted octanol–water partition coefficient (Wildman–Crippen LogP) is 0.973. The van der Waals surface area contributed by atoms with Gasteiger partial charge in [-0.15, -0.1) is 0 Å². The van der Waals surface area contributed by atoms with Crippen molar-refractivity contribution in [3.8, 4) is 11.4 Å². The van der Waals surface area contributed by atoms with Crippen LogP contribution in [0.15, 0.2) is 28.8 Å². The van der Waals surface area contributed by atoms with Crippen LogP contribution in [-0.4, -0.2) is 75.8 Å². The molecule has 2 aliphatic heterocycles. The lowest BCUT2D eigenvalue weighted by Crippen LogP contribution is -2.53. The summed E-state index contributed by atoms with van der Waals surface area (Å²) in [6, 6.07) is 7.79. The Bertz CT molecular complexity index is 814. The normalized spacial score (nSPS) is 24.5. The maximum absolute atomic E-state index is 12.6. The third kappa shape index (κ3) is 3.94. The van der Waals surface area contributed by atoms with Crippen LogP contribution in [0.2, 0.25) is 0 Å². The lowest BCUT2D eigenvalue weighted by atomic mass is 10.1. The van der Waals surface area contributed by atoms with Crippen molar-refractivity contribution in [2.45, 2.75) is 38.5 Å². The minimum Gasteiger partial charge on any atom is -0.392 e. The van der Waals surface area contributed by atoms with Crippen LogP contribution < -0.4 is 5.32 Å². The monoisotopic (exact) mass is 385 g/mol. The van der Waals surface area contributed by atoms with Crippen LogP contribution in [0.1, 0.15) is 30.8 Å². The molecule has 0 spiro atoms. The van der Waals surface area contributed by atoms with Gasteiger partial charge in [-0.25, -0.2) is 0 Å². The molecule has 2 saturated heterocycles. The van der Waals surface area contributed by atoms with E-state index in [0.29, 0.717) is 37.8 Å². The molecule has 1 aromatic heterocycles. The van der Waals surface area contributed by atoms with E-state index >= 15 is 0 Å². The number of rotatable bonds is 4. The van der Waals surface area contributed by atoms with E-state index < -0.39 is 6.10 Å². The van der Waals surface area contributed by atoms with Crippen molar-refractivity contribution < 1.29 is 14.4 Å². The lowest BCUT2D eigenvalue weighted by molar-refractivity contribution is -0.135. The second-order valence-corrected chi connectivity index (χ2v) is 7.71. The van der Waals surface area contributed by atoms with Gasteiger partial charge >= 0.3 is 0 Å². The van der Waals surface area contributed by atoms with Crippen molar-refractivity contribution in [1.82, 2.24) is 25.3 Å². The SMILES string of the molecule is Cc1ccc(-c2noc(C(C)N3CCN(C(=O)C4CC(O)CN4)CC3)n2)cc1. The molecule has 3 unspecified atom stereocenters. The predicted molar refractivity (Wildman–Crippen MR) is 103 cm³/mol. The molecule has 150 valence electrons. The van der Waals surface area contributed by atoms with Crippen LogP contribution in [-0.2, 0) is 4.79 Å². The first-order valence-corrected chi connectivity index (χ1v) is 9.86. The summed E-state index contributed by atoms with van der Waals surface area (Å²) in [5.41, 5.74) is 2.13. The first kappa shape index (κ1) is 19.0. The molecule has 2 aromatic rings. The van der Waals surface area contributed by atoms with Gasteiger partial charge in [0.25, 0.3) is 0 Å². The Morgan fingerprint density at radius 1 is 1.25 bits per heavy atom. The van der Waals surface area contributed by atoms with E-state index in [-0.39, 0.29) is 18.0 Å². The van der Waals surface area contributed by atoms with Crippen molar-refractivity contribution in [3.63, 3.8) is 0 Å². The fraction of sp³-hybridized carbons (Fsp3) is 0.550. The number of aromatic nitrogens is 2. The zero-order chi connectivity index (χ0) is 19.7. The number of carbonyl (C=O) groups is 1. The van der Waals surface area contributed by atoms with Gasteiger partial charge in [0.2, 0.25) is 17.6 Å². The number of hydrogen-bond donors (Lipinski definition) is 2. The number of amides is 1. The Labute approximate surface area is 164 Å². The molecule has 2 aliphatic rings. The number of nitrogens with one attached hydrogen (secondary N) is 1. The van der Waals surface area contributed by atoms with E-state index in [2.05, 4.69) is 27.3 Å². The van der Waals surface area contributed by atoms with Crippen LogP contribution in [0.25, 0.3) is 11.4 Å². The third-order valence-electron chi connectivity index (χ3n) is 5.69. The average Bonchev–Trinajstić information content (AvgIpc) is 3.37. The third-order valence-corrected chi connectivity index (χ3v) is 5.69. The Hall–Kier alpha value is -2.29. The molecule has 8 nitrogen and oxygen atoms in total. The van der Waals surface area contributed by atoms with Gasteiger partial charge in [0, 0.05) is 38.3 Å². The van der Waals surface area contributed by atoms with Crippen molar-refractivity contribution in [1.29, 1.82) is 0 Å². The summed E-state index contributed by atoms with van der Waals surface area (Å²) in [5, 5.41) is 16.8. The lowest BCUT2D eigenvalue weighted by Gasteiger charge is -2.37. The largest absolute Gasteiger partial charge is 0.392 e. The minimum absolute atomic E-state index is 0.00428. The molecule has 1 amide bonds. The highest BCUT2D eigenvalue weighted by Gasteiger charge is 2.34. The van der Waals surface area contributed by atoms with E-state index in [1.54, 1.807) is 0 Å². The van der Waals surface area contributed by atoms with Crippen molar-refractivity contribution in [3.05, 3.63) is 35.7 Å². The van der Waals surface area contributed by atoms with Gasteiger partial charge in [0.1, 0.15) is 0 Å². The molecule has 28 heavy (non-hydrogen) atoms. The van der Waals surface area contributed by atoms with Crippen LogP contribution in [0.4, 0.5) is 0 Å².